The molecule has 31 heavy (non-hydrogen) atoms. The average Bonchev–Trinajstić information content (AvgIpc) is 3.06. The van der Waals surface area contributed by atoms with Crippen molar-refractivity contribution in [1.29, 1.82) is 0 Å². The molecule has 0 bridgehead atoms. The fraction of sp³-hybridized carbons (Fsp3) is 0.238. The van der Waals surface area contributed by atoms with Crippen molar-refractivity contribution in [3.8, 4) is 6.01 Å². The molecule has 0 amide bonds. The van der Waals surface area contributed by atoms with Crippen LogP contribution in [0.1, 0.15) is 11.1 Å². The zero-order valence-electron chi connectivity index (χ0n) is 16.9. The molecule has 9 nitrogen and oxygen atoms in total. The summed E-state index contributed by atoms with van der Waals surface area (Å²) >= 11 is 3.49. The highest BCUT2D eigenvalue weighted by Gasteiger charge is 2.16. The summed E-state index contributed by atoms with van der Waals surface area (Å²) in [4.78, 5) is 25.1. The molecule has 0 radical (unpaired) electrons. The monoisotopic (exact) mass is 484 g/mol. The van der Waals surface area contributed by atoms with Gasteiger partial charge in [-0.25, -0.2) is 4.98 Å². The molecule has 3 heterocycles. The number of nitrogens with zero attached hydrogens (tertiary/aromatic N) is 5. The number of nitrogen functional groups attached to an aromatic ring is 1. The molecule has 4 rings (SSSR count). The van der Waals surface area contributed by atoms with E-state index in [9.17, 15) is 4.79 Å². The lowest BCUT2D eigenvalue weighted by atomic mass is 10.1. The highest BCUT2D eigenvalue weighted by atomic mass is 79.9. The quantitative estimate of drug-likeness (QED) is 0.302. The standard InChI is InChI=1S/C21H21BrN6O3/c1-30-9-10-31-21-25-18(23)17-19(26-21)28(20(22)24-17)13-15-6-4-5-14(11-15)12-27-8-3-2-7-16(27)29/h2-8,11H,9-10,12-13H2,1H3,(H2,23,25,26). The smallest absolute Gasteiger partial charge is 0.320 e. The molecule has 0 saturated carbocycles. The number of halogens is 1. The van der Waals surface area contributed by atoms with Gasteiger partial charge < -0.3 is 19.8 Å². The Morgan fingerprint density at radius 2 is 1.84 bits per heavy atom. The van der Waals surface area contributed by atoms with Gasteiger partial charge in [-0.2, -0.15) is 9.97 Å². The predicted octanol–water partition coefficient (Wildman–Crippen LogP) is 2.45. The van der Waals surface area contributed by atoms with Gasteiger partial charge in [0.1, 0.15) is 6.61 Å². The number of hydrogen-bond donors (Lipinski definition) is 1. The molecule has 0 spiro atoms. The summed E-state index contributed by atoms with van der Waals surface area (Å²) in [5, 5.41) is 0. The third-order valence-corrected chi connectivity index (χ3v) is 5.26. The Balaban J connectivity index is 1.63. The van der Waals surface area contributed by atoms with Crippen LogP contribution in [-0.4, -0.2) is 44.4 Å². The van der Waals surface area contributed by atoms with E-state index in [1.165, 1.54) is 0 Å². The van der Waals surface area contributed by atoms with Crippen LogP contribution in [0.4, 0.5) is 5.82 Å². The molecule has 10 heteroatoms. The first kappa shape index (κ1) is 21.0. The molecule has 2 N–H and O–H groups in total. The van der Waals surface area contributed by atoms with Crippen molar-refractivity contribution < 1.29 is 9.47 Å². The number of nitrogens with two attached hydrogens (primary N) is 1. The van der Waals surface area contributed by atoms with E-state index >= 15 is 0 Å². The van der Waals surface area contributed by atoms with E-state index in [4.69, 9.17) is 15.2 Å². The molecule has 160 valence electrons. The fourth-order valence-corrected chi connectivity index (χ4v) is 3.66. The van der Waals surface area contributed by atoms with Gasteiger partial charge in [0.25, 0.3) is 5.56 Å². The second-order valence-electron chi connectivity index (χ2n) is 6.86. The highest BCUT2D eigenvalue weighted by Crippen LogP contribution is 2.25. The number of imidazole rings is 1. The van der Waals surface area contributed by atoms with Gasteiger partial charge in [-0.15, -0.1) is 0 Å². The zero-order chi connectivity index (χ0) is 21.8. The van der Waals surface area contributed by atoms with Gasteiger partial charge in [0, 0.05) is 19.4 Å². The van der Waals surface area contributed by atoms with Crippen molar-refractivity contribution in [2.45, 2.75) is 13.1 Å². The molecule has 0 aliphatic carbocycles. The molecule has 0 saturated heterocycles. The van der Waals surface area contributed by atoms with Crippen LogP contribution in [0.15, 0.2) is 58.2 Å². The minimum atomic E-state index is -0.0376. The van der Waals surface area contributed by atoms with Gasteiger partial charge in [0.05, 0.1) is 19.7 Å². The molecule has 0 aliphatic heterocycles. The summed E-state index contributed by atoms with van der Waals surface area (Å²) in [7, 11) is 1.59. The summed E-state index contributed by atoms with van der Waals surface area (Å²) in [5.74, 6) is 0.245. The van der Waals surface area contributed by atoms with Gasteiger partial charge in [-0.1, -0.05) is 30.3 Å². The molecule has 0 atom stereocenters. The van der Waals surface area contributed by atoms with Crippen molar-refractivity contribution in [2.24, 2.45) is 0 Å². The summed E-state index contributed by atoms with van der Waals surface area (Å²) < 4.78 is 14.7. The first-order valence-corrected chi connectivity index (χ1v) is 10.4. The molecule has 0 fully saturated rings. The first-order chi connectivity index (χ1) is 15.0. The summed E-state index contributed by atoms with van der Waals surface area (Å²) in [6.07, 6.45) is 1.78. The second kappa shape index (κ2) is 9.27. The lowest BCUT2D eigenvalue weighted by Crippen LogP contribution is -2.18. The van der Waals surface area contributed by atoms with Crippen LogP contribution < -0.4 is 16.0 Å². The molecule has 3 aromatic heterocycles. The van der Waals surface area contributed by atoms with E-state index in [0.717, 1.165) is 11.1 Å². The highest BCUT2D eigenvalue weighted by molar-refractivity contribution is 9.10. The molecule has 1 aromatic carbocycles. The average molecular weight is 485 g/mol. The Bertz CT molecular complexity index is 1270. The van der Waals surface area contributed by atoms with Crippen molar-refractivity contribution >= 4 is 32.9 Å². The fourth-order valence-electron chi connectivity index (χ4n) is 3.19. The number of hydrogen-bond acceptors (Lipinski definition) is 7. The van der Waals surface area contributed by atoms with Crippen molar-refractivity contribution in [3.63, 3.8) is 0 Å². The number of aromatic nitrogens is 5. The normalized spacial score (nSPS) is 11.2. The maximum absolute atomic E-state index is 12.0. The molecular weight excluding hydrogens is 464 g/mol. The Morgan fingerprint density at radius 1 is 1.03 bits per heavy atom. The molecule has 0 aliphatic rings. The number of ether oxygens (including phenoxy) is 2. The third-order valence-electron chi connectivity index (χ3n) is 4.66. The SMILES string of the molecule is COCCOc1nc(N)c2nc(Br)n(Cc3cccc(Cn4ccccc4=O)c3)c2n1. The van der Waals surface area contributed by atoms with E-state index in [1.807, 2.05) is 28.8 Å². The van der Waals surface area contributed by atoms with Crippen LogP contribution in [0.25, 0.3) is 11.2 Å². The summed E-state index contributed by atoms with van der Waals surface area (Å²) in [6, 6.07) is 13.3. The van der Waals surface area contributed by atoms with E-state index in [0.29, 0.717) is 42.2 Å². The van der Waals surface area contributed by atoms with Crippen LogP contribution in [0.3, 0.4) is 0 Å². The number of rotatable bonds is 8. The van der Waals surface area contributed by atoms with Crippen LogP contribution in [-0.2, 0) is 17.8 Å². The van der Waals surface area contributed by atoms with E-state index in [2.05, 4.69) is 36.9 Å². The van der Waals surface area contributed by atoms with Gasteiger partial charge in [0.15, 0.2) is 21.7 Å². The van der Waals surface area contributed by atoms with E-state index in [-0.39, 0.29) is 17.4 Å². The van der Waals surface area contributed by atoms with Gasteiger partial charge in [-0.3, -0.25) is 9.36 Å². The Labute approximate surface area is 186 Å². The number of fused-ring (bicyclic) bond motifs is 1. The maximum Gasteiger partial charge on any atom is 0.320 e. The lowest BCUT2D eigenvalue weighted by molar-refractivity contribution is 0.141. The summed E-state index contributed by atoms with van der Waals surface area (Å²) in [5.41, 5.74) is 9.14. The number of anilines is 1. The number of pyridine rings is 1. The molecule has 0 unspecified atom stereocenters. The molecular formula is C21H21BrN6O3. The Morgan fingerprint density at radius 3 is 2.61 bits per heavy atom. The van der Waals surface area contributed by atoms with Crippen molar-refractivity contribution in [1.82, 2.24) is 24.1 Å². The maximum atomic E-state index is 12.0. The van der Waals surface area contributed by atoms with Crippen LogP contribution in [0.5, 0.6) is 6.01 Å². The number of methoxy groups -OCH3 is 1. The van der Waals surface area contributed by atoms with Crippen LogP contribution >= 0.6 is 15.9 Å². The van der Waals surface area contributed by atoms with Crippen LogP contribution in [0, 0.1) is 0 Å². The Hall–Kier alpha value is -3.24. The van der Waals surface area contributed by atoms with Crippen molar-refractivity contribution in [3.05, 3.63) is 74.9 Å². The van der Waals surface area contributed by atoms with E-state index < -0.39 is 0 Å². The van der Waals surface area contributed by atoms with Crippen molar-refractivity contribution in [2.75, 3.05) is 26.1 Å². The topological polar surface area (TPSA) is 110 Å². The minimum absolute atomic E-state index is 0.0376. The zero-order valence-corrected chi connectivity index (χ0v) is 18.4. The first-order valence-electron chi connectivity index (χ1n) is 9.59. The molecule has 4 aromatic rings. The van der Waals surface area contributed by atoms with Gasteiger partial charge in [0.2, 0.25) is 0 Å². The second-order valence-corrected chi connectivity index (χ2v) is 7.57. The lowest BCUT2D eigenvalue weighted by Gasteiger charge is -2.10. The number of benzene rings is 1. The van der Waals surface area contributed by atoms with Crippen LogP contribution in [0.2, 0.25) is 0 Å². The minimum Gasteiger partial charge on any atom is -0.461 e. The van der Waals surface area contributed by atoms with Gasteiger partial charge in [-0.05, 0) is 33.1 Å². The van der Waals surface area contributed by atoms with Gasteiger partial charge >= 0.3 is 6.01 Å². The summed E-state index contributed by atoms with van der Waals surface area (Å²) in [6.45, 7) is 1.73. The Kier molecular flexibility index (Phi) is 6.28. The largest absolute Gasteiger partial charge is 0.461 e. The third kappa shape index (κ3) is 4.75. The predicted molar refractivity (Wildman–Crippen MR) is 120 cm³/mol. The van der Waals surface area contributed by atoms with E-state index in [1.54, 1.807) is 30.0 Å².